The quantitative estimate of drug-likeness (QED) is 0.336. The highest BCUT2D eigenvalue weighted by molar-refractivity contribution is 6.07. The van der Waals surface area contributed by atoms with E-state index < -0.39 is 29.7 Å². The summed E-state index contributed by atoms with van der Waals surface area (Å²) in [7, 11) is 0. The van der Waals surface area contributed by atoms with Crippen LogP contribution in [-0.2, 0) is 11.8 Å². The van der Waals surface area contributed by atoms with Gasteiger partial charge < -0.3 is 10.4 Å². The Labute approximate surface area is 204 Å². The summed E-state index contributed by atoms with van der Waals surface area (Å²) in [5.74, 6) is -1.23. The van der Waals surface area contributed by atoms with Crippen molar-refractivity contribution in [3.8, 4) is 0 Å². The smallest absolute Gasteiger partial charge is 0.252 e. The Kier molecular flexibility index (Phi) is 6.99. The van der Waals surface area contributed by atoms with Crippen molar-refractivity contribution in [1.82, 2.24) is 5.32 Å². The molecule has 0 radical (unpaired) electrons. The summed E-state index contributed by atoms with van der Waals surface area (Å²) >= 11 is 0. The molecule has 4 aromatic rings. The van der Waals surface area contributed by atoms with Crippen LogP contribution >= 0.6 is 0 Å². The largest absolute Gasteiger partial charge is 0.386 e. The number of rotatable bonds is 6. The van der Waals surface area contributed by atoms with Crippen LogP contribution < -0.4 is 5.32 Å². The molecule has 2 atom stereocenters. The van der Waals surface area contributed by atoms with E-state index in [-0.39, 0.29) is 5.41 Å². The van der Waals surface area contributed by atoms with Crippen LogP contribution in [0.2, 0.25) is 0 Å². The SMILES string of the molecule is CC(C)(C)c1ccc(CC(NC(=O)c2ccc(F)c3ccccc23)C(O)c2ccc(F)cc2)cc1. The highest BCUT2D eigenvalue weighted by Gasteiger charge is 2.25. The van der Waals surface area contributed by atoms with Crippen LogP contribution in [0.5, 0.6) is 0 Å². The van der Waals surface area contributed by atoms with E-state index in [0.29, 0.717) is 28.3 Å². The minimum atomic E-state index is -1.08. The molecule has 0 saturated carbocycles. The number of carbonyl (C=O) groups excluding carboxylic acids is 1. The van der Waals surface area contributed by atoms with E-state index in [2.05, 4.69) is 26.1 Å². The molecule has 5 heteroatoms. The first-order valence-electron chi connectivity index (χ1n) is 11.6. The third-order valence-corrected chi connectivity index (χ3v) is 6.30. The molecule has 3 nitrogen and oxygen atoms in total. The summed E-state index contributed by atoms with van der Waals surface area (Å²) in [4.78, 5) is 13.3. The van der Waals surface area contributed by atoms with Gasteiger partial charge in [0, 0.05) is 10.9 Å². The second-order valence-corrected chi connectivity index (χ2v) is 9.87. The van der Waals surface area contributed by atoms with Crippen molar-refractivity contribution >= 4 is 16.7 Å². The van der Waals surface area contributed by atoms with E-state index in [1.165, 1.54) is 42.0 Å². The summed E-state index contributed by atoms with van der Waals surface area (Å²) in [6.45, 7) is 6.41. The molecular formula is C30H29F2NO2. The molecule has 2 unspecified atom stereocenters. The van der Waals surface area contributed by atoms with E-state index in [9.17, 15) is 18.7 Å². The third-order valence-electron chi connectivity index (χ3n) is 6.30. The Balaban J connectivity index is 1.66. The van der Waals surface area contributed by atoms with Crippen LogP contribution in [-0.4, -0.2) is 17.1 Å². The van der Waals surface area contributed by atoms with Gasteiger partial charge in [-0.15, -0.1) is 0 Å². The third kappa shape index (κ3) is 5.57. The number of aliphatic hydroxyl groups excluding tert-OH is 1. The highest BCUT2D eigenvalue weighted by Crippen LogP contribution is 2.26. The Hall–Kier alpha value is -3.57. The standard InChI is InChI=1S/C30H29F2NO2/c1-30(2,3)21-12-8-19(9-13-21)18-27(28(34)20-10-14-22(31)15-11-20)33-29(35)25-16-17-26(32)24-7-5-4-6-23(24)25/h4-17,27-28,34H,18H2,1-3H3,(H,33,35). The maximum atomic E-state index is 14.3. The number of fused-ring (bicyclic) bond motifs is 1. The maximum absolute atomic E-state index is 14.3. The predicted octanol–water partition coefficient (Wildman–Crippen LogP) is 6.49. The number of amides is 1. The molecule has 0 aromatic heterocycles. The van der Waals surface area contributed by atoms with E-state index in [4.69, 9.17) is 0 Å². The molecule has 2 N–H and O–H groups in total. The average molecular weight is 474 g/mol. The van der Waals surface area contributed by atoms with Gasteiger partial charge in [0.05, 0.1) is 12.1 Å². The molecule has 0 aliphatic heterocycles. The molecule has 180 valence electrons. The van der Waals surface area contributed by atoms with Gasteiger partial charge >= 0.3 is 0 Å². The summed E-state index contributed by atoms with van der Waals surface area (Å²) in [6.07, 6.45) is -0.720. The van der Waals surface area contributed by atoms with Crippen LogP contribution in [0.3, 0.4) is 0 Å². The van der Waals surface area contributed by atoms with Gasteiger partial charge in [-0.05, 0) is 58.2 Å². The molecular weight excluding hydrogens is 444 g/mol. The first kappa shape index (κ1) is 24.6. The van der Waals surface area contributed by atoms with Gasteiger partial charge in [-0.25, -0.2) is 8.78 Å². The molecule has 0 fully saturated rings. The van der Waals surface area contributed by atoms with Gasteiger partial charge in [0.2, 0.25) is 0 Å². The molecule has 0 saturated heterocycles. The number of nitrogens with one attached hydrogen (secondary N) is 1. The summed E-state index contributed by atoms with van der Waals surface area (Å²) in [5, 5.41) is 15.0. The van der Waals surface area contributed by atoms with Gasteiger partial charge in [-0.3, -0.25) is 4.79 Å². The zero-order valence-electron chi connectivity index (χ0n) is 20.1. The fourth-order valence-corrected chi connectivity index (χ4v) is 4.24. The molecule has 0 heterocycles. The lowest BCUT2D eigenvalue weighted by molar-refractivity contribution is 0.0833. The summed E-state index contributed by atoms with van der Waals surface area (Å²) in [6, 6.07) is 22.5. The summed E-state index contributed by atoms with van der Waals surface area (Å²) < 4.78 is 27.7. The average Bonchev–Trinajstić information content (AvgIpc) is 2.84. The van der Waals surface area contributed by atoms with Crippen molar-refractivity contribution in [2.24, 2.45) is 0 Å². The van der Waals surface area contributed by atoms with Gasteiger partial charge in [0.15, 0.2) is 0 Å². The van der Waals surface area contributed by atoms with E-state index in [0.717, 1.165) is 5.56 Å². The Morgan fingerprint density at radius 1 is 0.857 bits per heavy atom. The van der Waals surface area contributed by atoms with Gasteiger partial charge in [0.1, 0.15) is 11.6 Å². The van der Waals surface area contributed by atoms with Crippen molar-refractivity contribution in [1.29, 1.82) is 0 Å². The predicted molar refractivity (Wildman–Crippen MR) is 135 cm³/mol. The lowest BCUT2D eigenvalue weighted by Gasteiger charge is -2.26. The molecule has 0 spiro atoms. The molecule has 0 bridgehead atoms. The fourth-order valence-electron chi connectivity index (χ4n) is 4.24. The van der Waals surface area contributed by atoms with E-state index in [1.54, 1.807) is 24.3 Å². The number of halogens is 2. The topological polar surface area (TPSA) is 49.3 Å². The lowest BCUT2D eigenvalue weighted by Crippen LogP contribution is -2.41. The summed E-state index contributed by atoms with van der Waals surface area (Å²) in [5.41, 5.74) is 2.93. The van der Waals surface area contributed by atoms with Crippen molar-refractivity contribution in [2.45, 2.75) is 44.8 Å². The maximum Gasteiger partial charge on any atom is 0.252 e. The first-order chi connectivity index (χ1) is 16.6. The second-order valence-electron chi connectivity index (χ2n) is 9.87. The first-order valence-corrected chi connectivity index (χ1v) is 11.6. The Bertz CT molecular complexity index is 1330. The minimum Gasteiger partial charge on any atom is -0.386 e. The molecule has 4 rings (SSSR count). The zero-order valence-corrected chi connectivity index (χ0v) is 20.1. The fraction of sp³-hybridized carbons (Fsp3) is 0.233. The molecule has 1 amide bonds. The van der Waals surface area contributed by atoms with Gasteiger partial charge in [-0.2, -0.15) is 0 Å². The number of carbonyl (C=O) groups is 1. The van der Waals surface area contributed by atoms with E-state index >= 15 is 0 Å². The minimum absolute atomic E-state index is 0.00339. The van der Waals surface area contributed by atoms with E-state index in [1.807, 2.05) is 24.3 Å². The molecule has 35 heavy (non-hydrogen) atoms. The number of hydrogen-bond donors (Lipinski definition) is 2. The molecule has 4 aromatic carbocycles. The van der Waals surface area contributed by atoms with Gasteiger partial charge in [-0.1, -0.05) is 81.4 Å². The number of aliphatic hydroxyl groups is 1. The van der Waals surface area contributed by atoms with Crippen molar-refractivity contribution in [3.63, 3.8) is 0 Å². The van der Waals surface area contributed by atoms with Crippen LogP contribution in [0.25, 0.3) is 10.8 Å². The van der Waals surface area contributed by atoms with Crippen molar-refractivity contribution in [3.05, 3.63) is 119 Å². The highest BCUT2D eigenvalue weighted by atomic mass is 19.1. The van der Waals surface area contributed by atoms with Crippen LogP contribution in [0.4, 0.5) is 8.78 Å². The monoisotopic (exact) mass is 473 g/mol. The van der Waals surface area contributed by atoms with Gasteiger partial charge in [0.25, 0.3) is 5.91 Å². The second kappa shape index (κ2) is 9.96. The van der Waals surface area contributed by atoms with Crippen LogP contribution in [0.15, 0.2) is 84.9 Å². The Morgan fingerprint density at radius 3 is 2.11 bits per heavy atom. The van der Waals surface area contributed by atoms with Crippen molar-refractivity contribution < 1.29 is 18.7 Å². The number of hydrogen-bond acceptors (Lipinski definition) is 2. The zero-order chi connectivity index (χ0) is 25.2. The molecule has 0 aliphatic carbocycles. The normalized spacial score (nSPS) is 13.4. The van der Waals surface area contributed by atoms with Crippen LogP contribution in [0.1, 0.15) is 53.9 Å². The Morgan fingerprint density at radius 2 is 1.49 bits per heavy atom. The molecule has 0 aliphatic rings. The van der Waals surface area contributed by atoms with Crippen LogP contribution in [0, 0.1) is 11.6 Å². The lowest BCUT2D eigenvalue weighted by atomic mass is 9.86. The van der Waals surface area contributed by atoms with Crippen molar-refractivity contribution in [2.75, 3.05) is 0 Å². The number of benzene rings is 4.